The SMILES string of the molecule is C[C@@H](n1cnc2cc(-c3ccc(C(N)=NC#N)cc3)sc2c1=O)[C@](O)(Cn1cncn1)c1ccc(F)cc1F. The van der Waals surface area contributed by atoms with E-state index in [4.69, 9.17) is 11.0 Å². The summed E-state index contributed by atoms with van der Waals surface area (Å²) in [6, 6.07) is 10.6. The Bertz CT molecular complexity index is 1790. The molecule has 0 aliphatic carbocycles. The van der Waals surface area contributed by atoms with Gasteiger partial charge in [0.05, 0.1) is 24.4 Å². The zero-order chi connectivity index (χ0) is 27.7. The van der Waals surface area contributed by atoms with Crippen LogP contribution < -0.4 is 11.3 Å². The Hall–Kier alpha value is -4.80. The standard InChI is InChI=1S/C26H20F2N8O2S/c1-15(26(38,10-35-13-31-12-34-35)19-7-6-18(27)8-20(19)28)36-14-33-21-9-22(39-23(21)25(36)37)16-2-4-17(5-3-16)24(30)32-11-29/h2-9,12-15,38H,10H2,1H3,(H2,30,32)/t15-,26-/m1/s1. The molecule has 5 rings (SSSR count). The molecule has 2 aromatic carbocycles. The Kier molecular flexibility index (Phi) is 6.73. The van der Waals surface area contributed by atoms with Crippen molar-refractivity contribution in [2.45, 2.75) is 25.1 Å². The van der Waals surface area contributed by atoms with Gasteiger partial charge in [-0.05, 0) is 24.6 Å². The number of halogens is 2. The molecular weight excluding hydrogens is 526 g/mol. The zero-order valence-corrected chi connectivity index (χ0v) is 21.2. The predicted molar refractivity (Wildman–Crippen MR) is 141 cm³/mol. The number of aliphatic hydroxyl groups is 1. The molecule has 0 aliphatic rings. The number of nitriles is 1. The number of benzene rings is 2. The highest BCUT2D eigenvalue weighted by molar-refractivity contribution is 7.22. The van der Waals surface area contributed by atoms with Crippen molar-refractivity contribution in [1.29, 1.82) is 5.26 Å². The fourth-order valence-corrected chi connectivity index (χ4v) is 5.39. The molecule has 0 spiro atoms. The molecule has 0 unspecified atom stereocenters. The van der Waals surface area contributed by atoms with Crippen LogP contribution in [0.3, 0.4) is 0 Å². The van der Waals surface area contributed by atoms with E-state index in [2.05, 4.69) is 20.1 Å². The predicted octanol–water partition coefficient (Wildman–Crippen LogP) is 3.33. The second-order valence-electron chi connectivity index (χ2n) is 8.77. The average Bonchev–Trinajstić information content (AvgIpc) is 3.59. The number of nitrogens with zero attached hydrogens (tertiary/aromatic N) is 7. The highest BCUT2D eigenvalue weighted by atomic mass is 32.1. The Morgan fingerprint density at radius 2 is 2.00 bits per heavy atom. The quantitative estimate of drug-likeness (QED) is 0.181. The largest absolute Gasteiger partial charge is 0.383 e. The molecule has 196 valence electrons. The molecule has 10 nitrogen and oxygen atoms in total. The summed E-state index contributed by atoms with van der Waals surface area (Å²) in [5, 5.41) is 24.6. The van der Waals surface area contributed by atoms with Crippen LogP contribution in [0.15, 0.2) is 77.3 Å². The number of thiophene rings is 1. The first-order valence-electron chi connectivity index (χ1n) is 11.6. The Labute approximate surface area is 224 Å². The summed E-state index contributed by atoms with van der Waals surface area (Å²) in [7, 11) is 0. The molecule has 0 aliphatic heterocycles. The Balaban J connectivity index is 1.56. The van der Waals surface area contributed by atoms with E-state index in [1.54, 1.807) is 43.4 Å². The van der Waals surface area contributed by atoms with Crippen molar-refractivity contribution in [3.63, 3.8) is 0 Å². The molecule has 0 bridgehead atoms. The lowest BCUT2D eigenvalue weighted by molar-refractivity contribution is -0.0343. The Morgan fingerprint density at radius 1 is 1.23 bits per heavy atom. The lowest BCUT2D eigenvalue weighted by Gasteiger charge is -2.35. The maximum absolute atomic E-state index is 14.9. The van der Waals surface area contributed by atoms with E-state index in [-0.39, 0.29) is 17.9 Å². The van der Waals surface area contributed by atoms with Gasteiger partial charge in [-0.25, -0.2) is 23.4 Å². The van der Waals surface area contributed by atoms with Crippen LogP contribution in [0.1, 0.15) is 24.1 Å². The van der Waals surface area contributed by atoms with E-state index in [1.807, 2.05) is 0 Å². The lowest BCUT2D eigenvalue weighted by atomic mass is 9.86. The van der Waals surface area contributed by atoms with Crippen molar-refractivity contribution in [3.05, 3.63) is 101 Å². The summed E-state index contributed by atoms with van der Waals surface area (Å²) in [6.45, 7) is 1.29. The lowest BCUT2D eigenvalue weighted by Crippen LogP contribution is -2.43. The van der Waals surface area contributed by atoms with Gasteiger partial charge in [0.15, 0.2) is 0 Å². The van der Waals surface area contributed by atoms with Crippen LogP contribution in [-0.4, -0.2) is 35.3 Å². The third kappa shape index (κ3) is 4.78. The van der Waals surface area contributed by atoms with E-state index in [0.717, 1.165) is 22.6 Å². The molecule has 39 heavy (non-hydrogen) atoms. The van der Waals surface area contributed by atoms with Gasteiger partial charge in [0.2, 0.25) is 6.19 Å². The Morgan fingerprint density at radius 3 is 2.67 bits per heavy atom. The fraction of sp³-hybridized carbons (Fsp3) is 0.154. The van der Waals surface area contributed by atoms with Crippen LogP contribution in [0.4, 0.5) is 8.78 Å². The van der Waals surface area contributed by atoms with Gasteiger partial charge in [-0.1, -0.05) is 30.3 Å². The van der Waals surface area contributed by atoms with Gasteiger partial charge in [-0.3, -0.25) is 9.36 Å². The molecule has 5 aromatic rings. The summed E-state index contributed by atoms with van der Waals surface area (Å²) >= 11 is 1.21. The van der Waals surface area contributed by atoms with Crippen molar-refractivity contribution in [2.75, 3.05) is 0 Å². The normalized spacial score (nSPS) is 14.2. The maximum atomic E-state index is 14.9. The number of hydrogen-bond acceptors (Lipinski definition) is 8. The van der Waals surface area contributed by atoms with Crippen LogP contribution in [0.5, 0.6) is 0 Å². The number of aromatic nitrogens is 5. The van der Waals surface area contributed by atoms with Gasteiger partial charge in [-0.2, -0.15) is 15.4 Å². The van der Waals surface area contributed by atoms with Gasteiger partial charge in [0.1, 0.15) is 40.4 Å². The second kappa shape index (κ2) is 10.2. The topological polar surface area (TPSA) is 148 Å². The van der Waals surface area contributed by atoms with Crippen LogP contribution >= 0.6 is 11.3 Å². The summed E-state index contributed by atoms with van der Waals surface area (Å²) in [5.74, 6) is -1.67. The minimum Gasteiger partial charge on any atom is -0.383 e. The fourth-order valence-electron chi connectivity index (χ4n) is 4.34. The first kappa shape index (κ1) is 25.8. The van der Waals surface area contributed by atoms with Gasteiger partial charge < -0.3 is 10.8 Å². The summed E-state index contributed by atoms with van der Waals surface area (Å²) in [4.78, 5) is 26.2. The number of amidine groups is 1. The third-order valence-electron chi connectivity index (χ3n) is 6.47. The van der Waals surface area contributed by atoms with E-state index in [0.29, 0.717) is 21.8 Å². The molecule has 3 heterocycles. The van der Waals surface area contributed by atoms with Crippen molar-refractivity contribution in [2.24, 2.45) is 10.7 Å². The first-order valence-corrected chi connectivity index (χ1v) is 12.4. The maximum Gasteiger partial charge on any atom is 0.271 e. The number of rotatable bonds is 7. The molecule has 13 heteroatoms. The van der Waals surface area contributed by atoms with Crippen molar-refractivity contribution in [3.8, 4) is 16.6 Å². The van der Waals surface area contributed by atoms with Gasteiger partial charge in [-0.15, -0.1) is 11.3 Å². The van der Waals surface area contributed by atoms with E-state index < -0.39 is 28.8 Å². The highest BCUT2D eigenvalue weighted by Crippen LogP contribution is 2.37. The monoisotopic (exact) mass is 546 g/mol. The summed E-state index contributed by atoms with van der Waals surface area (Å²) in [5.41, 5.74) is 4.92. The van der Waals surface area contributed by atoms with Crippen LogP contribution in [0, 0.1) is 23.1 Å². The van der Waals surface area contributed by atoms with Crippen LogP contribution in [0.25, 0.3) is 20.7 Å². The van der Waals surface area contributed by atoms with E-state index >= 15 is 0 Å². The zero-order valence-electron chi connectivity index (χ0n) is 20.4. The number of nitrogens with two attached hydrogens (primary N) is 1. The number of hydrogen-bond donors (Lipinski definition) is 2. The van der Waals surface area contributed by atoms with Gasteiger partial charge >= 0.3 is 0 Å². The second-order valence-corrected chi connectivity index (χ2v) is 9.83. The number of fused-ring (bicyclic) bond motifs is 1. The minimum absolute atomic E-state index is 0.0925. The minimum atomic E-state index is -2.02. The molecule has 2 atom stereocenters. The number of aliphatic imine (C=N–C) groups is 1. The molecule has 0 amide bonds. The van der Waals surface area contributed by atoms with E-state index in [9.17, 15) is 18.7 Å². The summed E-state index contributed by atoms with van der Waals surface area (Å²) in [6.07, 6.45) is 5.55. The van der Waals surface area contributed by atoms with Crippen LogP contribution in [-0.2, 0) is 12.1 Å². The molecule has 0 radical (unpaired) electrons. The molecule has 0 fully saturated rings. The molecular formula is C26H20F2N8O2S. The molecule has 3 aromatic heterocycles. The molecule has 0 saturated heterocycles. The molecule has 3 N–H and O–H groups in total. The van der Waals surface area contributed by atoms with Crippen molar-refractivity contribution >= 4 is 27.4 Å². The van der Waals surface area contributed by atoms with Gasteiger partial charge in [0, 0.05) is 22.1 Å². The third-order valence-corrected chi connectivity index (χ3v) is 7.63. The van der Waals surface area contributed by atoms with Crippen molar-refractivity contribution in [1.82, 2.24) is 24.3 Å². The first-order chi connectivity index (χ1) is 18.7. The van der Waals surface area contributed by atoms with Gasteiger partial charge in [0.25, 0.3) is 5.56 Å². The smallest absolute Gasteiger partial charge is 0.271 e. The van der Waals surface area contributed by atoms with E-state index in [1.165, 1.54) is 39.6 Å². The average molecular weight is 547 g/mol. The highest BCUT2D eigenvalue weighted by Gasteiger charge is 2.41. The molecule has 0 saturated carbocycles. The van der Waals surface area contributed by atoms with Crippen molar-refractivity contribution < 1.29 is 13.9 Å². The summed E-state index contributed by atoms with van der Waals surface area (Å²) < 4.78 is 31.5. The van der Waals surface area contributed by atoms with Crippen LogP contribution in [0.2, 0.25) is 0 Å².